The SMILES string of the molecule is CC(=O)N1CCC12CCCNC2. The molecule has 0 saturated carbocycles. The number of hydrogen-bond acceptors (Lipinski definition) is 2. The molecule has 3 nitrogen and oxygen atoms in total. The van der Waals surface area contributed by atoms with Gasteiger partial charge in [0.25, 0.3) is 0 Å². The third-order valence-corrected chi connectivity index (χ3v) is 3.20. The topological polar surface area (TPSA) is 32.3 Å². The van der Waals surface area contributed by atoms with Gasteiger partial charge in [0.15, 0.2) is 0 Å². The molecule has 2 aliphatic heterocycles. The average Bonchev–Trinajstić information content (AvgIpc) is 2.03. The van der Waals surface area contributed by atoms with Gasteiger partial charge in [-0.1, -0.05) is 0 Å². The van der Waals surface area contributed by atoms with E-state index in [0.717, 1.165) is 19.6 Å². The molecular weight excluding hydrogens is 152 g/mol. The minimum atomic E-state index is 0.212. The largest absolute Gasteiger partial charge is 0.336 e. The molecule has 2 saturated heterocycles. The standard InChI is InChI=1S/C9H16N2O/c1-8(12)11-6-4-9(11)3-2-5-10-7-9/h10H,2-7H2,1H3. The Morgan fingerprint density at radius 1 is 1.50 bits per heavy atom. The Morgan fingerprint density at radius 3 is 2.75 bits per heavy atom. The molecule has 3 heteroatoms. The van der Waals surface area contributed by atoms with Gasteiger partial charge in [0, 0.05) is 20.0 Å². The van der Waals surface area contributed by atoms with Gasteiger partial charge in [0.1, 0.15) is 0 Å². The minimum absolute atomic E-state index is 0.212. The van der Waals surface area contributed by atoms with E-state index >= 15 is 0 Å². The number of likely N-dealkylation sites (tertiary alicyclic amines) is 1. The molecule has 0 bridgehead atoms. The van der Waals surface area contributed by atoms with Crippen LogP contribution in [0.15, 0.2) is 0 Å². The number of rotatable bonds is 0. The van der Waals surface area contributed by atoms with Crippen LogP contribution in [0, 0.1) is 0 Å². The fraction of sp³-hybridized carbons (Fsp3) is 0.889. The first kappa shape index (κ1) is 8.05. The molecule has 68 valence electrons. The Bertz CT molecular complexity index is 197. The van der Waals surface area contributed by atoms with Crippen molar-refractivity contribution in [2.24, 2.45) is 0 Å². The van der Waals surface area contributed by atoms with Gasteiger partial charge in [0.2, 0.25) is 5.91 Å². The van der Waals surface area contributed by atoms with Gasteiger partial charge < -0.3 is 10.2 Å². The van der Waals surface area contributed by atoms with Gasteiger partial charge in [-0.3, -0.25) is 4.79 Å². The summed E-state index contributed by atoms with van der Waals surface area (Å²) in [6.45, 7) is 4.77. The summed E-state index contributed by atoms with van der Waals surface area (Å²) in [6, 6.07) is 0. The summed E-state index contributed by atoms with van der Waals surface area (Å²) in [5.41, 5.74) is 0.212. The molecular formula is C9H16N2O. The van der Waals surface area contributed by atoms with Crippen LogP contribution in [-0.2, 0) is 4.79 Å². The number of carbonyl (C=O) groups excluding carboxylic acids is 1. The molecule has 0 aromatic rings. The monoisotopic (exact) mass is 168 g/mol. The first-order valence-electron chi connectivity index (χ1n) is 4.74. The van der Waals surface area contributed by atoms with Gasteiger partial charge in [-0.15, -0.1) is 0 Å². The molecule has 2 aliphatic rings. The second-order valence-electron chi connectivity index (χ2n) is 3.93. The van der Waals surface area contributed by atoms with Gasteiger partial charge in [-0.2, -0.15) is 0 Å². The molecule has 0 aromatic heterocycles. The molecule has 2 rings (SSSR count). The normalized spacial score (nSPS) is 34.9. The van der Waals surface area contributed by atoms with E-state index in [0.29, 0.717) is 0 Å². The predicted octanol–water partition coefficient (Wildman–Crippen LogP) is 0.361. The van der Waals surface area contributed by atoms with Gasteiger partial charge in [-0.05, 0) is 25.8 Å². The van der Waals surface area contributed by atoms with E-state index in [2.05, 4.69) is 5.32 Å². The summed E-state index contributed by atoms with van der Waals surface area (Å²) >= 11 is 0. The van der Waals surface area contributed by atoms with E-state index in [4.69, 9.17) is 0 Å². The third kappa shape index (κ3) is 1.04. The molecule has 0 aromatic carbocycles. The molecule has 1 unspecified atom stereocenters. The van der Waals surface area contributed by atoms with Crippen molar-refractivity contribution in [1.82, 2.24) is 10.2 Å². The number of piperidine rings is 1. The molecule has 2 heterocycles. The van der Waals surface area contributed by atoms with Crippen LogP contribution in [0.2, 0.25) is 0 Å². The lowest BCUT2D eigenvalue weighted by Crippen LogP contribution is -2.67. The van der Waals surface area contributed by atoms with Crippen LogP contribution in [-0.4, -0.2) is 36.0 Å². The van der Waals surface area contributed by atoms with Crippen LogP contribution >= 0.6 is 0 Å². The highest BCUT2D eigenvalue weighted by molar-refractivity contribution is 5.75. The Hall–Kier alpha value is -0.570. The highest BCUT2D eigenvalue weighted by atomic mass is 16.2. The van der Waals surface area contributed by atoms with Crippen molar-refractivity contribution in [2.45, 2.75) is 31.7 Å². The van der Waals surface area contributed by atoms with Crippen molar-refractivity contribution in [1.29, 1.82) is 0 Å². The Morgan fingerprint density at radius 2 is 2.33 bits per heavy atom. The Labute approximate surface area is 73.1 Å². The second kappa shape index (κ2) is 2.73. The van der Waals surface area contributed by atoms with E-state index in [9.17, 15) is 4.79 Å². The number of amides is 1. The molecule has 1 N–H and O–H groups in total. The van der Waals surface area contributed by atoms with Gasteiger partial charge >= 0.3 is 0 Å². The fourth-order valence-corrected chi connectivity index (χ4v) is 2.43. The van der Waals surface area contributed by atoms with E-state index in [1.54, 1.807) is 6.92 Å². The maximum atomic E-state index is 11.2. The van der Waals surface area contributed by atoms with Crippen molar-refractivity contribution in [3.05, 3.63) is 0 Å². The summed E-state index contributed by atoms with van der Waals surface area (Å²) in [7, 11) is 0. The minimum Gasteiger partial charge on any atom is -0.336 e. The number of nitrogens with one attached hydrogen (secondary N) is 1. The summed E-state index contributed by atoms with van der Waals surface area (Å²) in [5, 5.41) is 3.37. The van der Waals surface area contributed by atoms with E-state index < -0.39 is 0 Å². The van der Waals surface area contributed by atoms with Gasteiger partial charge in [-0.25, -0.2) is 0 Å². The number of hydrogen-bond donors (Lipinski definition) is 1. The number of carbonyl (C=O) groups is 1. The fourth-order valence-electron chi connectivity index (χ4n) is 2.43. The van der Waals surface area contributed by atoms with Crippen molar-refractivity contribution in [3.63, 3.8) is 0 Å². The van der Waals surface area contributed by atoms with Crippen LogP contribution in [0.25, 0.3) is 0 Å². The molecule has 1 spiro atoms. The second-order valence-corrected chi connectivity index (χ2v) is 3.93. The van der Waals surface area contributed by atoms with Crippen LogP contribution < -0.4 is 5.32 Å². The summed E-state index contributed by atoms with van der Waals surface area (Å²) < 4.78 is 0. The van der Waals surface area contributed by atoms with Crippen LogP contribution in [0.4, 0.5) is 0 Å². The maximum absolute atomic E-state index is 11.2. The van der Waals surface area contributed by atoms with Crippen LogP contribution in [0.5, 0.6) is 0 Å². The summed E-state index contributed by atoms with van der Waals surface area (Å²) in [6.07, 6.45) is 3.60. The zero-order valence-corrected chi connectivity index (χ0v) is 7.60. The average molecular weight is 168 g/mol. The van der Waals surface area contributed by atoms with Crippen LogP contribution in [0.1, 0.15) is 26.2 Å². The van der Waals surface area contributed by atoms with Crippen molar-refractivity contribution in [3.8, 4) is 0 Å². The molecule has 0 aliphatic carbocycles. The molecule has 0 radical (unpaired) electrons. The zero-order valence-electron chi connectivity index (χ0n) is 7.60. The van der Waals surface area contributed by atoms with Crippen molar-refractivity contribution >= 4 is 5.91 Å². The first-order chi connectivity index (χ1) is 5.75. The Kier molecular flexibility index (Phi) is 1.83. The van der Waals surface area contributed by atoms with E-state index in [-0.39, 0.29) is 11.4 Å². The maximum Gasteiger partial charge on any atom is 0.219 e. The molecule has 1 atom stereocenters. The Balaban J connectivity index is 2.05. The lowest BCUT2D eigenvalue weighted by atomic mass is 9.78. The van der Waals surface area contributed by atoms with E-state index in [1.807, 2.05) is 4.90 Å². The smallest absolute Gasteiger partial charge is 0.219 e. The lowest BCUT2D eigenvalue weighted by molar-refractivity contribution is -0.146. The van der Waals surface area contributed by atoms with Gasteiger partial charge in [0.05, 0.1) is 5.54 Å². The predicted molar refractivity (Wildman–Crippen MR) is 46.8 cm³/mol. The first-order valence-corrected chi connectivity index (χ1v) is 4.74. The highest BCUT2D eigenvalue weighted by Crippen LogP contribution is 2.35. The zero-order chi connectivity index (χ0) is 8.60. The van der Waals surface area contributed by atoms with Crippen LogP contribution in [0.3, 0.4) is 0 Å². The van der Waals surface area contributed by atoms with Crippen molar-refractivity contribution in [2.75, 3.05) is 19.6 Å². The van der Waals surface area contributed by atoms with E-state index in [1.165, 1.54) is 19.3 Å². The third-order valence-electron chi connectivity index (χ3n) is 3.20. The lowest BCUT2D eigenvalue weighted by Gasteiger charge is -2.54. The highest BCUT2D eigenvalue weighted by Gasteiger charge is 2.46. The summed E-state index contributed by atoms with van der Waals surface area (Å²) in [4.78, 5) is 13.2. The van der Waals surface area contributed by atoms with Crippen molar-refractivity contribution < 1.29 is 4.79 Å². The number of nitrogens with zero attached hydrogens (tertiary/aromatic N) is 1. The molecule has 2 fully saturated rings. The summed E-state index contributed by atoms with van der Waals surface area (Å²) in [5.74, 6) is 0.241. The molecule has 12 heavy (non-hydrogen) atoms. The molecule has 1 amide bonds. The quantitative estimate of drug-likeness (QED) is 0.566.